The van der Waals surface area contributed by atoms with E-state index in [9.17, 15) is 4.79 Å². The van der Waals surface area contributed by atoms with E-state index in [0.717, 1.165) is 18.7 Å². The molecule has 0 spiro atoms. The SMILES string of the molecule is Nc1nc(C2CCCC2)ncc1C=O. The van der Waals surface area contributed by atoms with Crippen molar-refractivity contribution in [1.82, 2.24) is 9.97 Å². The van der Waals surface area contributed by atoms with Crippen molar-refractivity contribution in [2.24, 2.45) is 0 Å². The molecule has 1 aromatic heterocycles. The maximum atomic E-state index is 10.5. The van der Waals surface area contributed by atoms with Crippen molar-refractivity contribution in [1.29, 1.82) is 0 Å². The minimum atomic E-state index is 0.303. The lowest BCUT2D eigenvalue weighted by atomic mass is 10.1. The molecule has 0 bridgehead atoms. The summed E-state index contributed by atoms with van der Waals surface area (Å²) in [5.41, 5.74) is 6.00. The molecule has 1 saturated carbocycles. The smallest absolute Gasteiger partial charge is 0.155 e. The molecule has 0 aliphatic heterocycles. The molecule has 0 unspecified atom stereocenters. The van der Waals surface area contributed by atoms with E-state index in [0.29, 0.717) is 23.6 Å². The summed E-state index contributed by atoms with van der Waals surface area (Å²) in [6.45, 7) is 0. The third kappa shape index (κ3) is 1.60. The Kier molecular flexibility index (Phi) is 2.43. The maximum absolute atomic E-state index is 10.5. The molecule has 0 amide bonds. The number of hydrogen-bond donors (Lipinski definition) is 1. The van der Waals surface area contributed by atoms with E-state index >= 15 is 0 Å². The second-order valence-corrected chi connectivity index (χ2v) is 3.67. The van der Waals surface area contributed by atoms with E-state index in [1.807, 2.05) is 0 Å². The predicted molar refractivity (Wildman–Crippen MR) is 53.0 cm³/mol. The van der Waals surface area contributed by atoms with Crippen LogP contribution in [0.25, 0.3) is 0 Å². The van der Waals surface area contributed by atoms with Gasteiger partial charge in [-0.05, 0) is 12.8 Å². The summed E-state index contributed by atoms with van der Waals surface area (Å²) in [6, 6.07) is 0. The van der Waals surface area contributed by atoms with Gasteiger partial charge in [0.25, 0.3) is 0 Å². The van der Waals surface area contributed by atoms with E-state index in [-0.39, 0.29) is 0 Å². The Balaban J connectivity index is 2.27. The second kappa shape index (κ2) is 3.74. The quantitative estimate of drug-likeness (QED) is 0.720. The number of nitrogens with two attached hydrogens (primary N) is 1. The van der Waals surface area contributed by atoms with E-state index in [4.69, 9.17) is 5.73 Å². The second-order valence-electron chi connectivity index (χ2n) is 3.67. The number of aldehydes is 1. The molecule has 2 rings (SSSR count). The van der Waals surface area contributed by atoms with Crippen LogP contribution >= 0.6 is 0 Å². The Bertz CT molecular complexity index is 345. The largest absolute Gasteiger partial charge is 0.383 e. The molecule has 2 N–H and O–H groups in total. The van der Waals surface area contributed by atoms with Gasteiger partial charge in [0.2, 0.25) is 0 Å². The Morgan fingerprint density at radius 1 is 1.43 bits per heavy atom. The van der Waals surface area contributed by atoms with Crippen LogP contribution in [-0.4, -0.2) is 16.3 Å². The van der Waals surface area contributed by atoms with Crippen LogP contribution in [-0.2, 0) is 0 Å². The Morgan fingerprint density at radius 2 is 2.14 bits per heavy atom. The molecule has 1 aliphatic carbocycles. The van der Waals surface area contributed by atoms with Gasteiger partial charge in [0.1, 0.15) is 11.6 Å². The highest BCUT2D eigenvalue weighted by atomic mass is 16.1. The van der Waals surface area contributed by atoms with Gasteiger partial charge in [0, 0.05) is 12.1 Å². The highest BCUT2D eigenvalue weighted by molar-refractivity contribution is 5.80. The summed E-state index contributed by atoms with van der Waals surface area (Å²) in [5.74, 6) is 1.54. The number of nitrogens with zero attached hydrogens (tertiary/aromatic N) is 2. The average Bonchev–Trinajstić information content (AvgIpc) is 2.70. The number of hydrogen-bond acceptors (Lipinski definition) is 4. The zero-order valence-electron chi connectivity index (χ0n) is 7.94. The zero-order valence-corrected chi connectivity index (χ0v) is 7.94. The number of aromatic nitrogens is 2. The van der Waals surface area contributed by atoms with Crippen LogP contribution in [0.5, 0.6) is 0 Å². The molecule has 0 atom stereocenters. The summed E-state index contributed by atoms with van der Waals surface area (Å²) in [4.78, 5) is 18.8. The van der Waals surface area contributed by atoms with E-state index in [2.05, 4.69) is 9.97 Å². The molecule has 1 heterocycles. The van der Waals surface area contributed by atoms with Crippen molar-refractivity contribution in [2.75, 3.05) is 5.73 Å². The molecule has 0 radical (unpaired) electrons. The van der Waals surface area contributed by atoms with Gasteiger partial charge >= 0.3 is 0 Å². The summed E-state index contributed by atoms with van der Waals surface area (Å²) in [5, 5.41) is 0. The summed E-state index contributed by atoms with van der Waals surface area (Å²) < 4.78 is 0. The molecule has 1 fully saturated rings. The molecule has 0 saturated heterocycles. The van der Waals surface area contributed by atoms with Gasteiger partial charge < -0.3 is 5.73 Å². The monoisotopic (exact) mass is 191 g/mol. The van der Waals surface area contributed by atoms with Crippen LogP contribution < -0.4 is 5.73 Å². The lowest BCUT2D eigenvalue weighted by molar-refractivity contribution is 0.112. The minimum Gasteiger partial charge on any atom is -0.383 e. The molecule has 0 aromatic carbocycles. The van der Waals surface area contributed by atoms with Crippen molar-refractivity contribution in [2.45, 2.75) is 31.6 Å². The number of carbonyl (C=O) groups is 1. The van der Waals surface area contributed by atoms with E-state index in [1.54, 1.807) is 0 Å². The highest BCUT2D eigenvalue weighted by Crippen LogP contribution is 2.32. The first-order valence-electron chi connectivity index (χ1n) is 4.89. The first-order valence-corrected chi connectivity index (χ1v) is 4.89. The van der Waals surface area contributed by atoms with Gasteiger partial charge in [-0.2, -0.15) is 0 Å². The lowest BCUT2D eigenvalue weighted by Crippen LogP contribution is -2.06. The fourth-order valence-electron chi connectivity index (χ4n) is 1.89. The first kappa shape index (κ1) is 9.12. The molecule has 1 aromatic rings. The van der Waals surface area contributed by atoms with Gasteiger partial charge in [0.05, 0.1) is 5.56 Å². The van der Waals surface area contributed by atoms with Crippen LogP contribution in [0.1, 0.15) is 47.8 Å². The van der Waals surface area contributed by atoms with Crippen molar-refractivity contribution in [3.8, 4) is 0 Å². The van der Waals surface area contributed by atoms with Crippen molar-refractivity contribution < 1.29 is 4.79 Å². The summed E-state index contributed by atoms with van der Waals surface area (Å²) >= 11 is 0. The van der Waals surface area contributed by atoms with E-state index < -0.39 is 0 Å². The van der Waals surface area contributed by atoms with Crippen molar-refractivity contribution in [3.05, 3.63) is 17.6 Å². The Morgan fingerprint density at radius 3 is 2.71 bits per heavy atom. The minimum absolute atomic E-state index is 0.303. The molecule has 1 aliphatic rings. The van der Waals surface area contributed by atoms with Crippen molar-refractivity contribution >= 4 is 12.1 Å². The number of nitrogen functional groups attached to an aromatic ring is 1. The predicted octanol–water partition coefficient (Wildman–Crippen LogP) is 1.53. The highest BCUT2D eigenvalue weighted by Gasteiger charge is 2.20. The lowest BCUT2D eigenvalue weighted by Gasteiger charge is -2.07. The van der Waals surface area contributed by atoms with Gasteiger partial charge in [-0.3, -0.25) is 4.79 Å². The normalized spacial score (nSPS) is 17.1. The zero-order chi connectivity index (χ0) is 9.97. The first-order chi connectivity index (χ1) is 6.81. The molecule has 4 heteroatoms. The standard InChI is InChI=1S/C10H13N3O/c11-9-8(6-14)5-12-10(13-9)7-3-1-2-4-7/h5-7H,1-4H2,(H2,11,12,13). The Labute approximate surface area is 82.6 Å². The van der Waals surface area contributed by atoms with Crippen LogP contribution in [0, 0.1) is 0 Å². The van der Waals surface area contributed by atoms with Gasteiger partial charge in [0.15, 0.2) is 6.29 Å². The summed E-state index contributed by atoms with van der Waals surface area (Å²) in [7, 11) is 0. The van der Waals surface area contributed by atoms with Crippen molar-refractivity contribution in [3.63, 3.8) is 0 Å². The summed E-state index contributed by atoms with van der Waals surface area (Å²) in [6.07, 6.45) is 6.96. The third-order valence-electron chi connectivity index (χ3n) is 2.71. The molecule has 4 nitrogen and oxygen atoms in total. The van der Waals surface area contributed by atoms with Crippen LogP contribution in [0.2, 0.25) is 0 Å². The molecular weight excluding hydrogens is 178 g/mol. The number of carbonyl (C=O) groups excluding carboxylic acids is 1. The number of anilines is 1. The van der Waals surface area contributed by atoms with Crippen LogP contribution in [0.15, 0.2) is 6.20 Å². The maximum Gasteiger partial charge on any atom is 0.155 e. The van der Waals surface area contributed by atoms with Gasteiger partial charge in [-0.1, -0.05) is 12.8 Å². The molecule has 74 valence electrons. The Hall–Kier alpha value is -1.45. The molecular formula is C10H13N3O. The fraction of sp³-hybridized carbons (Fsp3) is 0.500. The van der Waals surface area contributed by atoms with E-state index in [1.165, 1.54) is 19.0 Å². The number of rotatable bonds is 2. The third-order valence-corrected chi connectivity index (χ3v) is 2.71. The molecule has 14 heavy (non-hydrogen) atoms. The van der Waals surface area contributed by atoms with Crippen LogP contribution in [0.3, 0.4) is 0 Å². The topological polar surface area (TPSA) is 68.9 Å². The average molecular weight is 191 g/mol. The van der Waals surface area contributed by atoms with Gasteiger partial charge in [-0.15, -0.1) is 0 Å². The fourth-order valence-corrected chi connectivity index (χ4v) is 1.89. The van der Waals surface area contributed by atoms with Gasteiger partial charge in [-0.25, -0.2) is 9.97 Å². The van der Waals surface area contributed by atoms with Crippen LogP contribution in [0.4, 0.5) is 5.82 Å².